The van der Waals surface area contributed by atoms with Crippen molar-refractivity contribution in [2.45, 2.75) is 6.54 Å². The smallest absolute Gasteiger partial charge is 0.254 e. The zero-order valence-corrected chi connectivity index (χ0v) is 22.9. The fourth-order valence-corrected chi connectivity index (χ4v) is 5.24. The molecule has 10 heteroatoms. The topological polar surface area (TPSA) is 103 Å². The number of aromatic amines is 1. The van der Waals surface area contributed by atoms with Gasteiger partial charge in [0.2, 0.25) is 0 Å². The molecule has 2 N–H and O–H groups in total. The van der Waals surface area contributed by atoms with Gasteiger partial charge in [-0.2, -0.15) is 5.10 Å². The van der Waals surface area contributed by atoms with Gasteiger partial charge < -0.3 is 18.2 Å². The van der Waals surface area contributed by atoms with Crippen LogP contribution in [0, 0.1) is 0 Å². The van der Waals surface area contributed by atoms with Crippen molar-refractivity contribution in [2.24, 2.45) is 0 Å². The summed E-state index contributed by atoms with van der Waals surface area (Å²) in [5, 5.41) is 11.5. The first kappa shape index (κ1) is 24.6. The molecular formula is C28H25IN6O3. The number of fused-ring (bicyclic) bond motifs is 2. The summed E-state index contributed by atoms with van der Waals surface area (Å²) in [5.41, 5.74) is 5.90. The number of rotatable bonds is 5. The molecule has 0 radical (unpaired) electrons. The number of hydrogen-bond acceptors (Lipinski definition) is 6. The minimum Gasteiger partial charge on any atom is -0.428 e. The van der Waals surface area contributed by atoms with Gasteiger partial charge in [-0.1, -0.05) is 18.2 Å². The molecule has 0 bridgehead atoms. The first-order valence-electron chi connectivity index (χ1n) is 12.4. The average Bonchev–Trinajstić information content (AvgIpc) is 3.51. The summed E-state index contributed by atoms with van der Waals surface area (Å²) >= 11 is 1.84. The van der Waals surface area contributed by atoms with E-state index in [0.29, 0.717) is 47.6 Å². The summed E-state index contributed by atoms with van der Waals surface area (Å²) < 4.78 is 5.26. The summed E-state index contributed by atoms with van der Waals surface area (Å²) in [4.78, 5) is 34.5. The molecule has 0 spiro atoms. The van der Waals surface area contributed by atoms with E-state index in [9.17, 15) is 9.59 Å². The van der Waals surface area contributed by atoms with Crippen molar-refractivity contribution >= 4 is 58.0 Å². The molecule has 2 aliphatic rings. The molecule has 4 heterocycles. The molecule has 38 heavy (non-hydrogen) atoms. The van der Waals surface area contributed by atoms with Gasteiger partial charge in [0.15, 0.2) is 28.7 Å². The minimum atomic E-state index is -0.0467. The summed E-state index contributed by atoms with van der Waals surface area (Å²) in [6.45, 7) is 3.42. The molecule has 0 atom stereocenters. The van der Waals surface area contributed by atoms with Crippen molar-refractivity contribution in [2.75, 3.05) is 33.2 Å². The molecule has 2 amide bonds. The normalized spacial score (nSPS) is 15.5. The van der Waals surface area contributed by atoms with Gasteiger partial charge >= 0.3 is 0 Å². The fraction of sp³-hybridized carbons (Fsp3) is 0.214. The molecule has 1 fully saturated rings. The zero-order valence-electron chi connectivity index (χ0n) is 20.7. The summed E-state index contributed by atoms with van der Waals surface area (Å²) in [5.74, 6) is 0.718. The van der Waals surface area contributed by atoms with Crippen LogP contribution in [0.5, 0.6) is 5.75 Å². The predicted molar refractivity (Wildman–Crippen MR) is 154 cm³/mol. The number of amides is 2. The van der Waals surface area contributed by atoms with Gasteiger partial charge in [-0.15, -0.1) is 0 Å². The van der Waals surface area contributed by atoms with Gasteiger partial charge in [0.05, 0.1) is 22.3 Å². The molecule has 0 unspecified atom stereocenters. The maximum absolute atomic E-state index is 13.8. The van der Waals surface area contributed by atoms with Crippen molar-refractivity contribution in [3.63, 3.8) is 0 Å². The van der Waals surface area contributed by atoms with Crippen LogP contribution in [0.2, 0.25) is 0 Å². The monoisotopic (exact) mass is 620 g/mol. The number of halogens is 1. The van der Waals surface area contributed by atoms with Crippen molar-refractivity contribution in [3.05, 3.63) is 76.5 Å². The Bertz CT molecular complexity index is 1570. The second kappa shape index (κ2) is 10.2. The Morgan fingerprint density at radius 2 is 1.87 bits per heavy atom. The van der Waals surface area contributed by atoms with Gasteiger partial charge in [-0.25, -0.2) is 4.98 Å². The number of carbonyl (C=O) groups excluding carboxylic acids is 2. The number of nitrogens with zero attached hydrogens (tertiary/aromatic N) is 4. The number of H-pyrrole nitrogens is 1. The molecule has 2 aliphatic heterocycles. The van der Waals surface area contributed by atoms with Crippen LogP contribution in [0.25, 0.3) is 34.4 Å². The van der Waals surface area contributed by atoms with E-state index >= 15 is 0 Å². The van der Waals surface area contributed by atoms with Crippen LogP contribution < -0.4 is 8.38 Å². The highest BCUT2D eigenvalue weighted by Crippen LogP contribution is 2.30. The largest absolute Gasteiger partial charge is 0.428 e. The number of piperazine rings is 1. The lowest BCUT2D eigenvalue weighted by atomic mass is 10.0. The first-order chi connectivity index (χ1) is 18.5. The van der Waals surface area contributed by atoms with E-state index in [1.54, 1.807) is 11.9 Å². The molecular weight excluding hydrogens is 595 g/mol. The number of aromatic nitrogens is 3. The third kappa shape index (κ3) is 4.54. The second-order valence-electron chi connectivity index (χ2n) is 9.45. The summed E-state index contributed by atoms with van der Waals surface area (Å²) in [6.07, 6.45) is 3.82. The Balaban J connectivity index is 1.41. The van der Waals surface area contributed by atoms with Crippen LogP contribution >= 0.6 is 23.0 Å². The van der Waals surface area contributed by atoms with Gasteiger partial charge in [-0.3, -0.25) is 14.7 Å². The molecule has 1 saturated heterocycles. The quantitative estimate of drug-likeness (QED) is 0.325. The van der Waals surface area contributed by atoms with Gasteiger partial charge in [0.25, 0.3) is 11.8 Å². The van der Waals surface area contributed by atoms with Crippen molar-refractivity contribution in [3.8, 4) is 17.0 Å². The lowest BCUT2D eigenvalue weighted by Gasteiger charge is -2.27. The van der Waals surface area contributed by atoms with Crippen LogP contribution in [0.1, 0.15) is 37.5 Å². The van der Waals surface area contributed by atoms with E-state index in [2.05, 4.69) is 15.5 Å². The first-order valence-corrected chi connectivity index (χ1v) is 13.2. The molecule has 0 saturated carbocycles. The van der Waals surface area contributed by atoms with Crippen LogP contribution in [0.4, 0.5) is 0 Å². The fourth-order valence-electron chi connectivity index (χ4n) is 4.95. The number of pyridine rings is 1. The maximum atomic E-state index is 13.8. The summed E-state index contributed by atoms with van der Waals surface area (Å²) in [6, 6.07) is 15.3. The SMILES string of the molecule is CN1Cc2ccc(/C=C/c3[nH]nc4nc(-c5ccc(OI)cc5)cc(C(=O)N5CCNCC5)c34)cc2C1=O. The van der Waals surface area contributed by atoms with Gasteiger partial charge in [-0.05, 0) is 53.6 Å². The molecule has 192 valence electrons. The number of nitrogens with one attached hydrogen (secondary N) is 2. The molecule has 9 nitrogen and oxygen atoms in total. The lowest BCUT2D eigenvalue weighted by molar-refractivity contribution is 0.0737. The Hall–Kier alpha value is -3.77. The Kier molecular flexibility index (Phi) is 6.58. The lowest BCUT2D eigenvalue weighted by Crippen LogP contribution is -2.46. The highest BCUT2D eigenvalue weighted by atomic mass is 127. The molecule has 4 aromatic rings. The number of benzene rings is 2. The third-order valence-electron chi connectivity index (χ3n) is 6.99. The van der Waals surface area contributed by atoms with Crippen LogP contribution in [-0.2, 0) is 6.54 Å². The highest BCUT2D eigenvalue weighted by molar-refractivity contribution is 14.1. The second-order valence-corrected chi connectivity index (χ2v) is 9.89. The molecule has 6 rings (SSSR count). The van der Waals surface area contributed by atoms with E-state index in [-0.39, 0.29) is 11.8 Å². The summed E-state index contributed by atoms with van der Waals surface area (Å²) in [7, 11) is 1.80. The maximum Gasteiger partial charge on any atom is 0.254 e. The average molecular weight is 620 g/mol. The highest BCUT2D eigenvalue weighted by Gasteiger charge is 2.25. The van der Waals surface area contributed by atoms with E-state index in [0.717, 1.165) is 41.1 Å². The van der Waals surface area contributed by atoms with E-state index in [1.807, 2.05) is 88.6 Å². The number of hydrogen-bond donors (Lipinski definition) is 2. The Labute approximate surface area is 233 Å². The standard InChI is InChI=1S/C28H25IN6O3/c1-34-16-19-4-2-17(14-21(19)27(34)36)3-9-23-25-22(28(37)35-12-10-30-11-13-35)15-24(31-26(25)33-32-23)18-5-7-20(38-29)8-6-18/h2-9,14-15,30H,10-13,16H2,1H3,(H,31,32,33)/b9-3+. The Morgan fingerprint density at radius 3 is 2.63 bits per heavy atom. The van der Waals surface area contributed by atoms with Crippen molar-refractivity contribution in [1.29, 1.82) is 0 Å². The van der Waals surface area contributed by atoms with E-state index in [4.69, 9.17) is 8.05 Å². The van der Waals surface area contributed by atoms with Crippen LogP contribution in [0.15, 0.2) is 48.5 Å². The molecule has 2 aromatic heterocycles. The minimum absolute atomic E-state index is 0.0287. The van der Waals surface area contributed by atoms with E-state index < -0.39 is 0 Å². The predicted octanol–water partition coefficient (Wildman–Crippen LogP) is 4.16. The van der Waals surface area contributed by atoms with Crippen LogP contribution in [-0.4, -0.2) is 70.0 Å². The van der Waals surface area contributed by atoms with Gasteiger partial charge in [0, 0.05) is 50.9 Å². The van der Waals surface area contributed by atoms with Crippen LogP contribution in [0.3, 0.4) is 0 Å². The third-order valence-corrected chi connectivity index (χ3v) is 7.50. The Morgan fingerprint density at radius 1 is 1.08 bits per heavy atom. The zero-order chi connectivity index (χ0) is 26.2. The van der Waals surface area contributed by atoms with Crippen molar-refractivity contribution < 1.29 is 12.7 Å². The van der Waals surface area contributed by atoms with Crippen molar-refractivity contribution in [1.82, 2.24) is 30.3 Å². The van der Waals surface area contributed by atoms with Gasteiger partial charge in [0.1, 0.15) is 5.75 Å². The molecule has 0 aliphatic carbocycles. The van der Waals surface area contributed by atoms with E-state index in [1.165, 1.54) is 0 Å². The number of carbonyl (C=O) groups is 2. The molecule has 2 aromatic carbocycles.